The van der Waals surface area contributed by atoms with E-state index in [2.05, 4.69) is 15.8 Å². The van der Waals surface area contributed by atoms with Crippen LogP contribution in [0.1, 0.15) is 13.3 Å². The third-order valence-corrected chi connectivity index (χ3v) is 3.61. The first-order valence-corrected chi connectivity index (χ1v) is 6.66. The third-order valence-electron chi connectivity index (χ3n) is 2.58. The predicted molar refractivity (Wildman–Crippen MR) is 73.7 cm³/mol. The Bertz CT molecular complexity index is 556. The molecule has 2 rings (SSSR count). The van der Waals surface area contributed by atoms with Crippen LogP contribution in [-0.4, -0.2) is 23.3 Å². The van der Waals surface area contributed by atoms with Crippen LogP contribution >= 0.6 is 11.8 Å². The second-order valence-corrected chi connectivity index (χ2v) is 5.51. The summed E-state index contributed by atoms with van der Waals surface area (Å²) in [4.78, 5) is 15.7. The largest absolute Gasteiger partial charge is 0.469 e. The molecule has 1 heterocycles. The standard InChI is InChI=1S/C14H15NO2S/c1-10(9-14(16)17-2)18-13-8-7-11-5-3-4-6-12(11)15-13/h3-8,10H,9H2,1-2H3. The number of pyridine rings is 1. The topological polar surface area (TPSA) is 39.2 Å². The van der Waals surface area contributed by atoms with Gasteiger partial charge in [-0.15, -0.1) is 11.8 Å². The van der Waals surface area contributed by atoms with E-state index in [0.29, 0.717) is 6.42 Å². The molecule has 3 nitrogen and oxygen atoms in total. The molecule has 0 amide bonds. The molecule has 0 aliphatic heterocycles. The maximum atomic E-state index is 11.2. The lowest BCUT2D eigenvalue weighted by Crippen LogP contribution is -2.08. The summed E-state index contributed by atoms with van der Waals surface area (Å²) in [6.45, 7) is 2.00. The van der Waals surface area contributed by atoms with Crippen molar-refractivity contribution in [2.75, 3.05) is 7.11 Å². The van der Waals surface area contributed by atoms with Crippen molar-refractivity contribution in [1.82, 2.24) is 4.98 Å². The van der Waals surface area contributed by atoms with E-state index in [-0.39, 0.29) is 11.2 Å². The molecule has 0 N–H and O–H groups in total. The summed E-state index contributed by atoms with van der Waals surface area (Å²) in [7, 11) is 1.41. The van der Waals surface area contributed by atoms with Gasteiger partial charge in [-0.3, -0.25) is 4.79 Å². The zero-order valence-electron chi connectivity index (χ0n) is 10.4. The summed E-state index contributed by atoms with van der Waals surface area (Å²) in [5.74, 6) is -0.184. The molecular formula is C14H15NO2S. The molecule has 0 aliphatic rings. The van der Waals surface area contributed by atoms with Crippen molar-refractivity contribution >= 4 is 28.6 Å². The summed E-state index contributed by atoms with van der Waals surface area (Å²) >= 11 is 1.59. The van der Waals surface area contributed by atoms with Crippen molar-refractivity contribution in [2.45, 2.75) is 23.6 Å². The van der Waals surface area contributed by atoms with Gasteiger partial charge in [0.1, 0.15) is 0 Å². The number of hydrogen-bond donors (Lipinski definition) is 0. The Kier molecular flexibility index (Phi) is 4.20. The maximum absolute atomic E-state index is 11.2. The van der Waals surface area contributed by atoms with E-state index in [9.17, 15) is 4.79 Å². The van der Waals surface area contributed by atoms with Crippen molar-refractivity contribution in [1.29, 1.82) is 0 Å². The van der Waals surface area contributed by atoms with Crippen LogP contribution in [-0.2, 0) is 9.53 Å². The van der Waals surface area contributed by atoms with Crippen LogP contribution in [0.4, 0.5) is 0 Å². The van der Waals surface area contributed by atoms with Gasteiger partial charge in [0, 0.05) is 10.6 Å². The van der Waals surface area contributed by atoms with Crippen LogP contribution < -0.4 is 0 Å². The second-order valence-electron chi connectivity index (χ2n) is 4.05. The number of ether oxygens (including phenoxy) is 1. The van der Waals surface area contributed by atoms with Gasteiger partial charge in [0.15, 0.2) is 0 Å². The molecule has 0 bridgehead atoms. The molecule has 4 heteroatoms. The van der Waals surface area contributed by atoms with Gasteiger partial charge in [-0.25, -0.2) is 4.98 Å². The van der Waals surface area contributed by atoms with Crippen LogP contribution in [0.25, 0.3) is 10.9 Å². The Morgan fingerprint density at radius 1 is 1.33 bits per heavy atom. The van der Waals surface area contributed by atoms with Gasteiger partial charge >= 0.3 is 5.97 Å². The molecule has 0 aliphatic carbocycles. The molecule has 1 unspecified atom stereocenters. The lowest BCUT2D eigenvalue weighted by Gasteiger charge is -2.09. The van der Waals surface area contributed by atoms with E-state index >= 15 is 0 Å². The van der Waals surface area contributed by atoms with E-state index in [1.807, 2.05) is 37.3 Å². The van der Waals surface area contributed by atoms with Gasteiger partial charge in [0.2, 0.25) is 0 Å². The number of hydrogen-bond acceptors (Lipinski definition) is 4. The quantitative estimate of drug-likeness (QED) is 0.625. The molecular weight excluding hydrogens is 246 g/mol. The number of aromatic nitrogens is 1. The Labute approximate surface area is 111 Å². The Morgan fingerprint density at radius 2 is 2.11 bits per heavy atom. The summed E-state index contributed by atoms with van der Waals surface area (Å²) in [6, 6.07) is 12.0. The lowest BCUT2D eigenvalue weighted by atomic mass is 10.2. The van der Waals surface area contributed by atoms with Crippen molar-refractivity contribution in [2.24, 2.45) is 0 Å². The Hall–Kier alpha value is -1.55. The Balaban J connectivity index is 2.09. The fraction of sp³-hybridized carbons (Fsp3) is 0.286. The molecule has 0 radical (unpaired) electrons. The van der Waals surface area contributed by atoms with Crippen LogP contribution in [0, 0.1) is 0 Å². The van der Waals surface area contributed by atoms with Crippen molar-refractivity contribution in [3.8, 4) is 0 Å². The SMILES string of the molecule is COC(=O)CC(C)Sc1ccc2ccccc2n1. The van der Waals surface area contributed by atoms with Crippen LogP contribution in [0.5, 0.6) is 0 Å². The van der Waals surface area contributed by atoms with Crippen LogP contribution in [0.2, 0.25) is 0 Å². The molecule has 1 aromatic carbocycles. The predicted octanol–water partition coefficient (Wildman–Crippen LogP) is 3.28. The number of fused-ring (bicyclic) bond motifs is 1. The van der Waals surface area contributed by atoms with Gasteiger partial charge in [-0.1, -0.05) is 31.2 Å². The molecule has 0 saturated heterocycles. The van der Waals surface area contributed by atoms with Crippen molar-refractivity contribution in [3.63, 3.8) is 0 Å². The fourth-order valence-electron chi connectivity index (χ4n) is 1.68. The van der Waals surface area contributed by atoms with Gasteiger partial charge in [-0.05, 0) is 12.1 Å². The monoisotopic (exact) mass is 261 g/mol. The second kappa shape index (κ2) is 5.87. The number of rotatable bonds is 4. The van der Waals surface area contributed by atoms with Gasteiger partial charge in [-0.2, -0.15) is 0 Å². The van der Waals surface area contributed by atoms with E-state index < -0.39 is 0 Å². The first-order chi connectivity index (χ1) is 8.69. The Morgan fingerprint density at radius 3 is 2.89 bits per heavy atom. The first kappa shape index (κ1) is 12.9. The smallest absolute Gasteiger partial charge is 0.306 e. The number of esters is 1. The highest BCUT2D eigenvalue weighted by Crippen LogP contribution is 2.25. The summed E-state index contributed by atoms with van der Waals surface area (Å²) in [6.07, 6.45) is 0.398. The van der Waals surface area contributed by atoms with Gasteiger partial charge in [0.25, 0.3) is 0 Å². The van der Waals surface area contributed by atoms with Gasteiger partial charge < -0.3 is 4.74 Å². The number of benzene rings is 1. The van der Waals surface area contributed by atoms with Gasteiger partial charge in [0.05, 0.1) is 24.1 Å². The zero-order chi connectivity index (χ0) is 13.0. The zero-order valence-corrected chi connectivity index (χ0v) is 11.2. The van der Waals surface area contributed by atoms with Crippen LogP contribution in [0.15, 0.2) is 41.4 Å². The molecule has 0 spiro atoms. The van der Waals surface area contributed by atoms with E-state index in [1.165, 1.54) is 7.11 Å². The number of para-hydroxylation sites is 1. The molecule has 94 valence electrons. The van der Waals surface area contributed by atoms with E-state index in [4.69, 9.17) is 0 Å². The summed E-state index contributed by atoms with van der Waals surface area (Å²) in [5, 5.41) is 2.22. The average molecular weight is 261 g/mol. The number of carbonyl (C=O) groups is 1. The number of methoxy groups -OCH3 is 1. The highest BCUT2D eigenvalue weighted by Gasteiger charge is 2.11. The van der Waals surface area contributed by atoms with E-state index in [0.717, 1.165) is 15.9 Å². The third kappa shape index (κ3) is 3.23. The number of carbonyl (C=O) groups excluding carboxylic acids is 1. The average Bonchev–Trinajstić information content (AvgIpc) is 2.38. The number of nitrogens with zero attached hydrogens (tertiary/aromatic N) is 1. The minimum atomic E-state index is -0.184. The highest BCUT2D eigenvalue weighted by molar-refractivity contribution is 7.99. The van der Waals surface area contributed by atoms with Crippen molar-refractivity contribution in [3.05, 3.63) is 36.4 Å². The molecule has 1 aromatic heterocycles. The minimum Gasteiger partial charge on any atom is -0.469 e. The first-order valence-electron chi connectivity index (χ1n) is 5.78. The van der Waals surface area contributed by atoms with Crippen LogP contribution in [0.3, 0.4) is 0 Å². The molecule has 18 heavy (non-hydrogen) atoms. The summed E-state index contributed by atoms with van der Waals surface area (Å²) in [5.41, 5.74) is 0.979. The normalized spacial score (nSPS) is 12.3. The molecule has 2 aromatic rings. The summed E-state index contributed by atoms with van der Waals surface area (Å²) < 4.78 is 4.66. The molecule has 0 fully saturated rings. The molecule has 1 atom stereocenters. The highest BCUT2D eigenvalue weighted by atomic mass is 32.2. The maximum Gasteiger partial charge on any atom is 0.306 e. The van der Waals surface area contributed by atoms with Crippen molar-refractivity contribution < 1.29 is 9.53 Å². The lowest BCUT2D eigenvalue weighted by molar-refractivity contribution is -0.140. The number of thioether (sulfide) groups is 1. The molecule has 0 saturated carbocycles. The van der Waals surface area contributed by atoms with E-state index in [1.54, 1.807) is 11.8 Å². The fourth-order valence-corrected chi connectivity index (χ4v) is 2.61. The minimum absolute atomic E-state index is 0.158.